The van der Waals surface area contributed by atoms with E-state index >= 15 is 0 Å². The maximum absolute atomic E-state index is 11.8. The predicted molar refractivity (Wildman–Crippen MR) is 66.1 cm³/mol. The highest BCUT2D eigenvalue weighted by atomic mass is 32.2. The minimum absolute atomic E-state index is 0.142. The molecule has 0 saturated heterocycles. The number of nitrogens with one attached hydrogen (secondary N) is 1. The van der Waals surface area contributed by atoms with Gasteiger partial charge in [-0.25, -0.2) is 13.1 Å². The number of aromatic nitrogens is 2. The summed E-state index contributed by atoms with van der Waals surface area (Å²) in [5.41, 5.74) is 6.67. The fourth-order valence-corrected chi connectivity index (χ4v) is 2.45. The number of nitrogen functional groups attached to an aromatic ring is 1. The molecule has 0 fully saturated rings. The summed E-state index contributed by atoms with van der Waals surface area (Å²) in [6, 6.07) is 6.51. The number of hydrogen-bond acceptors (Lipinski definition) is 6. The van der Waals surface area contributed by atoms with Crippen LogP contribution < -0.4 is 10.5 Å². The molecule has 1 aromatic heterocycles. The molecular weight excluding hydrogens is 256 g/mol. The number of aryl methyl sites for hydroxylation is 1. The van der Waals surface area contributed by atoms with Gasteiger partial charge in [-0.15, -0.1) is 5.10 Å². The molecule has 0 saturated carbocycles. The third-order valence-corrected chi connectivity index (χ3v) is 3.28. The topological polar surface area (TPSA) is 111 Å². The van der Waals surface area contributed by atoms with Crippen LogP contribution >= 0.6 is 0 Å². The molecule has 0 aliphatic rings. The van der Waals surface area contributed by atoms with Crippen molar-refractivity contribution in [1.82, 2.24) is 10.2 Å². The molecule has 2 rings (SSSR count). The van der Waals surface area contributed by atoms with E-state index in [9.17, 15) is 8.42 Å². The maximum atomic E-state index is 11.8. The van der Waals surface area contributed by atoms with Crippen molar-refractivity contribution in [2.75, 3.05) is 10.5 Å². The summed E-state index contributed by atoms with van der Waals surface area (Å²) in [7, 11) is -3.59. The summed E-state index contributed by atoms with van der Waals surface area (Å²) >= 11 is 0. The number of nitrogens with two attached hydrogens (primary N) is 1. The Bertz CT molecular complexity index is 651. The van der Waals surface area contributed by atoms with E-state index in [0.717, 1.165) is 0 Å². The van der Waals surface area contributed by atoms with Crippen LogP contribution in [0, 0.1) is 6.92 Å². The zero-order chi connectivity index (χ0) is 13.2. The van der Waals surface area contributed by atoms with Gasteiger partial charge < -0.3 is 10.2 Å². The molecule has 2 aromatic rings. The van der Waals surface area contributed by atoms with E-state index in [2.05, 4.69) is 14.9 Å². The van der Waals surface area contributed by atoms with Crippen molar-refractivity contribution in [3.05, 3.63) is 35.7 Å². The Labute approximate surface area is 104 Å². The number of sulfonamides is 1. The first-order chi connectivity index (χ1) is 8.44. The van der Waals surface area contributed by atoms with E-state index in [1.165, 1.54) is 0 Å². The SMILES string of the molecule is Cc1nnc(NS(=O)(=O)Cc2cccc(N)c2)o1. The first-order valence-electron chi connectivity index (χ1n) is 5.10. The van der Waals surface area contributed by atoms with Crippen LogP contribution in [-0.4, -0.2) is 18.6 Å². The second kappa shape index (κ2) is 4.65. The van der Waals surface area contributed by atoms with Gasteiger partial charge in [-0.05, 0) is 17.7 Å². The van der Waals surface area contributed by atoms with Crippen LogP contribution in [0.2, 0.25) is 0 Å². The lowest BCUT2D eigenvalue weighted by Gasteiger charge is -2.04. The van der Waals surface area contributed by atoms with Gasteiger partial charge >= 0.3 is 6.01 Å². The van der Waals surface area contributed by atoms with Gasteiger partial charge in [0.05, 0.1) is 5.75 Å². The van der Waals surface area contributed by atoms with Crippen molar-refractivity contribution in [2.45, 2.75) is 12.7 Å². The molecule has 0 radical (unpaired) electrons. The Kier molecular flexibility index (Phi) is 3.19. The van der Waals surface area contributed by atoms with Gasteiger partial charge in [-0.1, -0.05) is 17.2 Å². The minimum Gasteiger partial charge on any atom is -0.408 e. The third kappa shape index (κ3) is 3.20. The summed E-state index contributed by atoms with van der Waals surface area (Å²) in [5.74, 6) is 0.0797. The fourth-order valence-electron chi connectivity index (χ4n) is 1.41. The van der Waals surface area contributed by atoms with Gasteiger partial charge in [0.25, 0.3) is 0 Å². The summed E-state index contributed by atoms with van der Waals surface area (Å²) in [5, 5.41) is 7.09. The Morgan fingerprint density at radius 1 is 1.39 bits per heavy atom. The number of anilines is 2. The quantitative estimate of drug-likeness (QED) is 0.797. The number of benzene rings is 1. The molecule has 96 valence electrons. The second-order valence-corrected chi connectivity index (χ2v) is 5.45. The largest absolute Gasteiger partial charge is 0.408 e. The van der Waals surface area contributed by atoms with Crippen molar-refractivity contribution in [1.29, 1.82) is 0 Å². The molecule has 0 amide bonds. The van der Waals surface area contributed by atoms with Gasteiger partial charge in [-0.2, -0.15) is 0 Å². The molecule has 0 aliphatic carbocycles. The molecule has 0 aliphatic heterocycles. The van der Waals surface area contributed by atoms with Crippen LogP contribution in [0.3, 0.4) is 0 Å². The zero-order valence-electron chi connectivity index (χ0n) is 9.62. The smallest absolute Gasteiger partial charge is 0.329 e. The van der Waals surface area contributed by atoms with Crippen LogP contribution in [0.4, 0.5) is 11.7 Å². The van der Waals surface area contributed by atoms with E-state index < -0.39 is 10.0 Å². The van der Waals surface area contributed by atoms with Crippen molar-refractivity contribution >= 4 is 21.7 Å². The lowest BCUT2D eigenvalue weighted by Crippen LogP contribution is -2.15. The molecule has 18 heavy (non-hydrogen) atoms. The maximum Gasteiger partial charge on any atom is 0.329 e. The van der Waals surface area contributed by atoms with Crippen LogP contribution in [0.5, 0.6) is 0 Å². The van der Waals surface area contributed by atoms with E-state index in [-0.39, 0.29) is 17.7 Å². The van der Waals surface area contributed by atoms with Gasteiger partial charge in [0.2, 0.25) is 15.9 Å². The molecular formula is C10H12N4O3S. The van der Waals surface area contributed by atoms with Gasteiger partial charge in [0, 0.05) is 12.6 Å². The van der Waals surface area contributed by atoms with Crippen molar-refractivity contribution in [3.8, 4) is 0 Å². The standard InChI is InChI=1S/C10H12N4O3S/c1-7-12-13-10(17-7)14-18(15,16)6-8-3-2-4-9(11)5-8/h2-5H,6,11H2,1H3,(H,13,14). The molecule has 0 spiro atoms. The molecule has 0 atom stereocenters. The number of nitrogens with zero attached hydrogens (tertiary/aromatic N) is 2. The highest BCUT2D eigenvalue weighted by Crippen LogP contribution is 2.13. The molecule has 1 aromatic carbocycles. The predicted octanol–water partition coefficient (Wildman–Crippen LogP) is 0.902. The van der Waals surface area contributed by atoms with E-state index in [1.54, 1.807) is 31.2 Å². The average Bonchev–Trinajstić information content (AvgIpc) is 2.62. The Balaban J connectivity index is 2.12. The number of hydrogen-bond donors (Lipinski definition) is 2. The van der Waals surface area contributed by atoms with Crippen molar-refractivity contribution < 1.29 is 12.8 Å². The van der Waals surface area contributed by atoms with Gasteiger partial charge in [0.1, 0.15) is 0 Å². The molecule has 0 unspecified atom stereocenters. The summed E-state index contributed by atoms with van der Waals surface area (Å²) in [4.78, 5) is 0. The Hall–Kier alpha value is -2.09. The Morgan fingerprint density at radius 3 is 2.78 bits per heavy atom. The van der Waals surface area contributed by atoms with Crippen LogP contribution in [0.1, 0.15) is 11.5 Å². The van der Waals surface area contributed by atoms with Crippen LogP contribution in [-0.2, 0) is 15.8 Å². The molecule has 1 heterocycles. The van der Waals surface area contributed by atoms with E-state index in [0.29, 0.717) is 11.3 Å². The normalized spacial score (nSPS) is 11.4. The summed E-state index contributed by atoms with van der Waals surface area (Å²) in [6.45, 7) is 1.57. The Morgan fingerprint density at radius 2 is 2.17 bits per heavy atom. The zero-order valence-corrected chi connectivity index (χ0v) is 10.4. The highest BCUT2D eigenvalue weighted by molar-refractivity contribution is 7.91. The minimum atomic E-state index is -3.59. The number of rotatable bonds is 4. The second-order valence-electron chi connectivity index (χ2n) is 3.73. The van der Waals surface area contributed by atoms with Crippen LogP contribution in [0.15, 0.2) is 28.7 Å². The highest BCUT2D eigenvalue weighted by Gasteiger charge is 2.15. The van der Waals surface area contributed by atoms with E-state index in [4.69, 9.17) is 10.2 Å². The molecule has 8 heteroatoms. The summed E-state index contributed by atoms with van der Waals surface area (Å²) < 4.78 is 30.8. The monoisotopic (exact) mass is 268 g/mol. The average molecular weight is 268 g/mol. The van der Waals surface area contributed by atoms with Gasteiger partial charge in [-0.3, -0.25) is 0 Å². The lowest BCUT2D eigenvalue weighted by molar-refractivity contribution is 0.534. The third-order valence-electron chi connectivity index (χ3n) is 2.08. The summed E-state index contributed by atoms with van der Waals surface area (Å²) in [6.07, 6.45) is 0. The van der Waals surface area contributed by atoms with Crippen molar-refractivity contribution in [2.24, 2.45) is 0 Å². The van der Waals surface area contributed by atoms with Crippen molar-refractivity contribution in [3.63, 3.8) is 0 Å². The lowest BCUT2D eigenvalue weighted by atomic mass is 10.2. The van der Waals surface area contributed by atoms with Crippen LogP contribution in [0.25, 0.3) is 0 Å². The van der Waals surface area contributed by atoms with Gasteiger partial charge in [0.15, 0.2) is 0 Å². The molecule has 0 bridgehead atoms. The molecule has 7 nitrogen and oxygen atoms in total. The first-order valence-corrected chi connectivity index (χ1v) is 6.75. The first kappa shape index (κ1) is 12.4. The van der Waals surface area contributed by atoms with E-state index in [1.807, 2.05) is 0 Å². The molecule has 3 N–H and O–H groups in total. The fraction of sp³-hybridized carbons (Fsp3) is 0.200.